The molecule has 3 nitrogen and oxygen atoms in total. The van der Waals surface area contributed by atoms with Crippen LogP contribution in [0.15, 0.2) is 18.2 Å². The standard InChI is InChI=1S/C15H23N3S/c1-12-6-4-7-14(13(12)2)16-15(19)18-9-5-8-17(3)10-11-18/h4,6-7H,5,8-11H2,1-3H3,(H,16,19)/p+1. The van der Waals surface area contributed by atoms with E-state index < -0.39 is 0 Å². The molecule has 0 saturated carbocycles. The van der Waals surface area contributed by atoms with Crippen LogP contribution in [-0.2, 0) is 0 Å². The number of likely N-dealkylation sites (N-methyl/N-ethyl adjacent to an activating group) is 1. The molecule has 0 aromatic heterocycles. The predicted molar refractivity (Wildman–Crippen MR) is 84.9 cm³/mol. The fourth-order valence-electron chi connectivity index (χ4n) is 2.42. The average molecular weight is 278 g/mol. The summed E-state index contributed by atoms with van der Waals surface area (Å²) in [7, 11) is 2.25. The van der Waals surface area contributed by atoms with Crippen molar-refractivity contribution in [1.82, 2.24) is 4.90 Å². The highest BCUT2D eigenvalue weighted by molar-refractivity contribution is 7.80. The molecule has 19 heavy (non-hydrogen) atoms. The van der Waals surface area contributed by atoms with E-state index in [0.717, 1.165) is 30.4 Å². The molecule has 0 radical (unpaired) electrons. The van der Waals surface area contributed by atoms with Crippen LogP contribution in [0.3, 0.4) is 0 Å². The Bertz CT molecular complexity index is 459. The predicted octanol–water partition coefficient (Wildman–Crippen LogP) is 1.22. The molecule has 2 N–H and O–H groups in total. The molecule has 1 atom stereocenters. The molecule has 1 fully saturated rings. The largest absolute Gasteiger partial charge is 0.343 e. The average Bonchev–Trinajstić information content (AvgIpc) is 2.60. The normalized spacial score (nSPS) is 19.9. The molecule has 1 aliphatic heterocycles. The van der Waals surface area contributed by atoms with Gasteiger partial charge < -0.3 is 15.1 Å². The second kappa shape index (κ2) is 6.35. The minimum atomic E-state index is 0.864. The van der Waals surface area contributed by atoms with Gasteiger partial charge in [-0.3, -0.25) is 0 Å². The number of hydrogen-bond donors (Lipinski definition) is 2. The zero-order valence-corrected chi connectivity index (χ0v) is 12.9. The number of aryl methyl sites for hydroxylation is 1. The van der Waals surface area contributed by atoms with Gasteiger partial charge in [0, 0.05) is 18.7 Å². The van der Waals surface area contributed by atoms with Gasteiger partial charge >= 0.3 is 0 Å². The van der Waals surface area contributed by atoms with E-state index in [9.17, 15) is 0 Å². The highest BCUT2D eigenvalue weighted by atomic mass is 32.1. The molecule has 1 aliphatic rings. The fraction of sp³-hybridized carbons (Fsp3) is 0.533. The lowest BCUT2D eigenvalue weighted by Crippen LogP contribution is -3.09. The number of nitrogens with one attached hydrogen (secondary N) is 2. The van der Waals surface area contributed by atoms with Crippen LogP contribution in [0.5, 0.6) is 0 Å². The Labute approximate surface area is 121 Å². The zero-order valence-electron chi connectivity index (χ0n) is 12.1. The van der Waals surface area contributed by atoms with Crippen molar-refractivity contribution in [2.24, 2.45) is 0 Å². The van der Waals surface area contributed by atoms with E-state index in [1.54, 1.807) is 4.90 Å². The van der Waals surface area contributed by atoms with Gasteiger partial charge in [-0.2, -0.15) is 0 Å². The van der Waals surface area contributed by atoms with E-state index in [2.05, 4.69) is 49.3 Å². The number of anilines is 1. The SMILES string of the molecule is Cc1cccc(NC(=S)N2CCC[NH+](C)CC2)c1C. The number of hydrogen-bond acceptors (Lipinski definition) is 1. The summed E-state index contributed by atoms with van der Waals surface area (Å²) in [6, 6.07) is 6.31. The Morgan fingerprint density at radius 1 is 1.26 bits per heavy atom. The molecule has 0 spiro atoms. The van der Waals surface area contributed by atoms with Crippen LogP contribution in [0, 0.1) is 13.8 Å². The number of rotatable bonds is 1. The van der Waals surface area contributed by atoms with E-state index in [4.69, 9.17) is 12.2 Å². The second-order valence-electron chi connectivity index (χ2n) is 5.48. The summed E-state index contributed by atoms with van der Waals surface area (Å²) >= 11 is 5.56. The molecule has 2 rings (SSSR count). The van der Waals surface area contributed by atoms with Crippen molar-refractivity contribution < 1.29 is 4.90 Å². The fourth-order valence-corrected chi connectivity index (χ4v) is 2.71. The summed E-state index contributed by atoms with van der Waals surface area (Å²) in [6.07, 6.45) is 1.21. The van der Waals surface area contributed by atoms with Gasteiger partial charge in [0.05, 0.1) is 26.7 Å². The highest BCUT2D eigenvalue weighted by Gasteiger charge is 2.17. The van der Waals surface area contributed by atoms with Gasteiger partial charge in [0.25, 0.3) is 0 Å². The summed E-state index contributed by atoms with van der Waals surface area (Å²) in [6.45, 7) is 8.78. The van der Waals surface area contributed by atoms with Crippen molar-refractivity contribution in [3.8, 4) is 0 Å². The maximum atomic E-state index is 5.56. The van der Waals surface area contributed by atoms with Gasteiger partial charge in [-0.05, 0) is 43.3 Å². The van der Waals surface area contributed by atoms with E-state index in [1.807, 2.05) is 0 Å². The third-order valence-electron chi connectivity index (χ3n) is 3.97. The van der Waals surface area contributed by atoms with Crippen molar-refractivity contribution in [1.29, 1.82) is 0 Å². The molecule has 1 heterocycles. The molecule has 1 aromatic carbocycles. The summed E-state index contributed by atoms with van der Waals surface area (Å²) in [5.41, 5.74) is 3.71. The van der Waals surface area contributed by atoms with E-state index in [-0.39, 0.29) is 0 Å². The number of thiocarbonyl (C=S) groups is 1. The van der Waals surface area contributed by atoms with Crippen molar-refractivity contribution in [3.05, 3.63) is 29.3 Å². The maximum absolute atomic E-state index is 5.56. The summed E-state index contributed by atoms with van der Waals surface area (Å²) in [5, 5.41) is 4.28. The second-order valence-corrected chi connectivity index (χ2v) is 5.86. The minimum Gasteiger partial charge on any atom is -0.343 e. The smallest absolute Gasteiger partial charge is 0.173 e. The van der Waals surface area contributed by atoms with Crippen LogP contribution >= 0.6 is 12.2 Å². The monoisotopic (exact) mass is 278 g/mol. The first-order valence-electron chi connectivity index (χ1n) is 7.01. The number of quaternary nitrogens is 1. The number of nitrogens with zero attached hydrogens (tertiary/aromatic N) is 1. The van der Waals surface area contributed by atoms with Crippen LogP contribution < -0.4 is 10.2 Å². The molecule has 4 heteroatoms. The van der Waals surface area contributed by atoms with Crippen LogP contribution in [-0.4, -0.2) is 43.2 Å². The Kier molecular flexibility index (Phi) is 4.77. The van der Waals surface area contributed by atoms with Crippen LogP contribution in [0.4, 0.5) is 5.69 Å². The van der Waals surface area contributed by atoms with Gasteiger partial charge in [-0.15, -0.1) is 0 Å². The molecule has 0 aliphatic carbocycles. The van der Waals surface area contributed by atoms with Gasteiger partial charge in [-0.1, -0.05) is 12.1 Å². The lowest BCUT2D eigenvalue weighted by atomic mass is 10.1. The third kappa shape index (κ3) is 3.67. The van der Waals surface area contributed by atoms with E-state index in [1.165, 1.54) is 24.1 Å². The molecular weight excluding hydrogens is 254 g/mol. The third-order valence-corrected chi connectivity index (χ3v) is 4.33. The first-order valence-corrected chi connectivity index (χ1v) is 7.42. The van der Waals surface area contributed by atoms with Crippen molar-refractivity contribution in [2.45, 2.75) is 20.3 Å². The lowest BCUT2D eigenvalue weighted by molar-refractivity contribution is -0.877. The summed E-state index contributed by atoms with van der Waals surface area (Å²) in [5.74, 6) is 0. The summed E-state index contributed by atoms with van der Waals surface area (Å²) < 4.78 is 0. The Morgan fingerprint density at radius 3 is 2.84 bits per heavy atom. The molecule has 0 amide bonds. The van der Waals surface area contributed by atoms with Crippen molar-refractivity contribution >= 4 is 23.0 Å². The van der Waals surface area contributed by atoms with Crippen molar-refractivity contribution in [2.75, 3.05) is 38.5 Å². The molecule has 1 saturated heterocycles. The molecule has 0 bridgehead atoms. The highest BCUT2D eigenvalue weighted by Crippen LogP contribution is 2.18. The Balaban J connectivity index is 2.02. The first kappa shape index (κ1) is 14.3. The molecule has 104 valence electrons. The van der Waals surface area contributed by atoms with Gasteiger partial charge in [0.15, 0.2) is 5.11 Å². The quantitative estimate of drug-likeness (QED) is 0.754. The van der Waals surface area contributed by atoms with Crippen LogP contribution in [0.1, 0.15) is 17.5 Å². The van der Waals surface area contributed by atoms with Crippen LogP contribution in [0.2, 0.25) is 0 Å². The maximum Gasteiger partial charge on any atom is 0.173 e. The lowest BCUT2D eigenvalue weighted by Gasteiger charge is -2.24. The molecule has 1 aromatic rings. The van der Waals surface area contributed by atoms with Gasteiger partial charge in [-0.25, -0.2) is 0 Å². The minimum absolute atomic E-state index is 0.864. The first-order chi connectivity index (χ1) is 9.08. The summed E-state index contributed by atoms with van der Waals surface area (Å²) in [4.78, 5) is 3.89. The Hall–Kier alpha value is -1.13. The zero-order chi connectivity index (χ0) is 13.8. The van der Waals surface area contributed by atoms with Crippen molar-refractivity contribution in [3.63, 3.8) is 0 Å². The molecular formula is C15H24N3S+. The molecule has 1 unspecified atom stereocenters. The number of benzene rings is 1. The Morgan fingerprint density at radius 2 is 2.05 bits per heavy atom. The van der Waals surface area contributed by atoms with Gasteiger partial charge in [0.2, 0.25) is 0 Å². The van der Waals surface area contributed by atoms with E-state index in [0.29, 0.717) is 0 Å². The topological polar surface area (TPSA) is 19.7 Å². The van der Waals surface area contributed by atoms with E-state index >= 15 is 0 Å². The van der Waals surface area contributed by atoms with Gasteiger partial charge in [0.1, 0.15) is 0 Å². The van der Waals surface area contributed by atoms with Crippen LogP contribution in [0.25, 0.3) is 0 Å².